The summed E-state index contributed by atoms with van der Waals surface area (Å²) in [5, 5.41) is 0. The molecule has 0 saturated heterocycles. The van der Waals surface area contributed by atoms with Gasteiger partial charge in [0.25, 0.3) is 0 Å². The van der Waals surface area contributed by atoms with Crippen LogP contribution in [0.25, 0.3) is 0 Å². The first-order valence-electron chi connectivity index (χ1n) is 7.95. The third kappa shape index (κ3) is 4.79. The van der Waals surface area contributed by atoms with Crippen molar-refractivity contribution < 1.29 is 8.42 Å². The van der Waals surface area contributed by atoms with Gasteiger partial charge in [-0.1, -0.05) is 49.0 Å². The van der Waals surface area contributed by atoms with Gasteiger partial charge in [0.1, 0.15) is 0 Å². The van der Waals surface area contributed by atoms with E-state index in [-0.39, 0.29) is 6.04 Å². The molecule has 0 spiro atoms. The zero-order chi connectivity index (χ0) is 16.4. The zero-order valence-corrected chi connectivity index (χ0v) is 15.8. The molecule has 0 saturated carbocycles. The van der Waals surface area contributed by atoms with Crippen molar-refractivity contribution in [1.29, 1.82) is 0 Å². The average Bonchev–Trinajstić information content (AvgIpc) is 2.39. The van der Waals surface area contributed by atoms with Crippen molar-refractivity contribution in [1.82, 2.24) is 4.72 Å². The largest absolute Gasteiger partial charge is 0.241 e. The molecule has 1 aliphatic carbocycles. The van der Waals surface area contributed by atoms with Crippen LogP contribution in [-0.2, 0) is 10.0 Å². The minimum Gasteiger partial charge on any atom is -0.207 e. The molecule has 22 heavy (non-hydrogen) atoms. The maximum atomic E-state index is 12.6. The highest BCUT2D eigenvalue weighted by Gasteiger charge is 2.27. The molecule has 1 atom stereocenters. The maximum Gasteiger partial charge on any atom is 0.241 e. The summed E-state index contributed by atoms with van der Waals surface area (Å²) in [6, 6.07) is 8.08. The fourth-order valence-corrected chi connectivity index (χ4v) is 5.74. The van der Waals surface area contributed by atoms with Crippen LogP contribution in [-0.4, -0.2) is 22.5 Å². The number of sulfonamides is 1. The predicted molar refractivity (Wildman–Crippen MR) is 95.4 cm³/mol. The maximum absolute atomic E-state index is 12.6. The molecule has 0 heterocycles. The van der Waals surface area contributed by atoms with E-state index >= 15 is 0 Å². The van der Waals surface area contributed by atoms with Crippen molar-refractivity contribution >= 4 is 18.1 Å². The summed E-state index contributed by atoms with van der Waals surface area (Å²) in [5.41, 5.74) is 2.36. The number of hydrogen-bond donors (Lipinski definition) is 1. The molecule has 3 nitrogen and oxygen atoms in total. The molecule has 1 N–H and O–H groups in total. The summed E-state index contributed by atoms with van der Waals surface area (Å²) in [6.07, 6.45) is 5.28. The van der Waals surface area contributed by atoms with Crippen LogP contribution in [0.15, 0.2) is 40.8 Å². The number of aryl methyl sites for hydroxylation is 1. The Morgan fingerprint density at radius 3 is 2.41 bits per heavy atom. The molecule has 0 aromatic heterocycles. The fraction of sp³-hybridized carbons (Fsp3) is 0.529. The quantitative estimate of drug-likeness (QED) is 0.650. The van der Waals surface area contributed by atoms with Crippen molar-refractivity contribution in [2.75, 3.05) is 0 Å². The first kappa shape index (κ1) is 17.4. The molecule has 0 aliphatic heterocycles. The summed E-state index contributed by atoms with van der Waals surface area (Å²) in [5.74, 6) is 0. The molecule has 0 bridgehead atoms. The Bertz CT molecular complexity index is 642. The van der Waals surface area contributed by atoms with Gasteiger partial charge in [-0.2, -0.15) is 0 Å². The molecular formula is C17H27NO2SSi. The second-order valence-electron chi connectivity index (χ2n) is 7.43. The van der Waals surface area contributed by atoms with Crippen LogP contribution in [0, 0.1) is 6.92 Å². The summed E-state index contributed by atoms with van der Waals surface area (Å²) >= 11 is 0. The fourth-order valence-electron chi connectivity index (χ4n) is 2.85. The molecular weight excluding hydrogens is 310 g/mol. The highest BCUT2D eigenvalue weighted by Crippen LogP contribution is 2.27. The van der Waals surface area contributed by atoms with Gasteiger partial charge in [-0.25, -0.2) is 13.1 Å². The second kappa shape index (κ2) is 6.68. The standard InChI is InChI=1S/C17H27NO2SSi/c1-14-9-11-16(12-10-14)21(19,20)18-17-8-6-5-7-15(17)13-22(2,3)4/h7,9-12,17-18H,5-6,8,13H2,1-4H3. The van der Waals surface area contributed by atoms with Gasteiger partial charge in [-0.05, 0) is 44.4 Å². The lowest BCUT2D eigenvalue weighted by Gasteiger charge is -2.29. The Morgan fingerprint density at radius 1 is 1.18 bits per heavy atom. The van der Waals surface area contributed by atoms with E-state index in [2.05, 4.69) is 30.4 Å². The molecule has 0 fully saturated rings. The van der Waals surface area contributed by atoms with E-state index < -0.39 is 18.1 Å². The van der Waals surface area contributed by atoms with E-state index in [9.17, 15) is 8.42 Å². The molecule has 1 aromatic rings. The summed E-state index contributed by atoms with van der Waals surface area (Å²) in [7, 11) is -4.69. The SMILES string of the molecule is Cc1ccc(S(=O)(=O)NC2CCCC=C2C[Si](C)(C)C)cc1. The van der Waals surface area contributed by atoms with Gasteiger partial charge in [0.2, 0.25) is 10.0 Å². The lowest BCUT2D eigenvalue weighted by molar-refractivity contribution is 0.535. The third-order valence-corrected chi connectivity index (χ3v) is 6.87. The molecule has 1 aliphatic rings. The van der Waals surface area contributed by atoms with Crippen LogP contribution in [0.2, 0.25) is 25.7 Å². The molecule has 5 heteroatoms. The monoisotopic (exact) mass is 337 g/mol. The van der Waals surface area contributed by atoms with Gasteiger partial charge in [-0.3, -0.25) is 0 Å². The summed E-state index contributed by atoms with van der Waals surface area (Å²) < 4.78 is 28.1. The smallest absolute Gasteiger partial charge is 0.207 e. The van der Waals surface area contributed by atoms with Gasteiger partial charge >= 0.3 is 0 Å². The van der Waals surface area contributed by atoms with Crippen LogP contribution >= 0.6 is 0 Å². The number of rotatable bonds is 5. The number of allylic oxidation sites excluding steroid dienone is 1. The minimum atomic E-state index is -3.44. The lowest BCUT2D eigenvalue weighted by Crippen LogP contribution is -2.39. The van der Waals surface area contributed by atoms with E-state index in [4.69, 9.17) is 0 Å². The lowest BCUT2D eigenvalue weighted by atomic mass is 9.96. The van der Waals surface area contributed by atoms with Crippen LogP contribution in [0.4, 0.5) is 0 Å². The van der Waals surface area contributed by atoms with Gasteiger partial charge in [0.15, 0.2) is 0 Å². The number of benzene rings is 1. The molecule has 1 aromatic carbocycles. The van der Waals surface area contributed by atoms with Crippen molar-refractivity contribution in [3.05, 3.63) is 41.5 Å². The molecule has 122 valence electrons. The number of nitrogens with one attached hydrogen (secondary N) is 1. The molecule has 0 amide bonds. The van der Waals surface area contributed by atoms with Gasteiger partial charge in [-0.15, -0.1) is 0 Å². The first-order valence-corrected chi connectivity index (χ1v) is 13.1. The van der Waals surface area contributed by atoms with Gasteiger partial charge in [0.05, 0.1) is 4.90 Å². The van der Waals surface area contributed by atoms with Gasteiger partial charge in [0, 0.05) is 14.1 Å². The topological polar surface area (TPSA) is 46.2 Å². The van der Waals surface area contributed by atoms with E-state index in [1.807, 2.05) is 19.1 Å². The van der Waals surface area contributed by atoms with E-state index in [1.54, 1.807) is 12.1 Å². The molecule has 0 radical (unpaired) electrons. The zero-order valence-electron chi connectivity index (χ0n) is 14.0. The molecule has 1 unspecified atom stereocenters. The third-order valence-electron chi connectivity index (χ3n) is 3.91. The Labute approximate surface area is 135 Å². The summed E-state index contributed by atoms with van der Waals surface area (Å²) in [4.78, 5) is 0.357. The van der Waals surface area contributed by atoms with Crippen LogP contribution in [0.5, 0.6) is 0 Å². The van der Waals surface area contributed by atoms with E-state index in [0.717, 1.165) is 30.9 Å². The average molecular weight is 338 g/mol. The Balaban J connectivity index is 2.18. The van der Waals surface area contributed by atoms with Gasteiger partial charge < -0.3 is 0 Å². The predicted octanol–water partition coefficient (Wildman–Crippen LogP) is 4.09. The minimum absolute atomic E-state index is 0.0354. The van der Waals surface area contributed by atoms with Crippen LogP contribution < -0.4 is 4.72 Å². The number of hydrogen-bond acceptors (Lipinski definition) is 2. The normalized spacial score (nSPS) is 19.8. The van der Waals surface area contributed by atoms with Crippen LogP contribution in [0.3, 0.4) is 0 Å². The van der Waals surface area contributed by atoms with Crippen LogP contribution in [0.1, 0.15) is 24.8 Å². The van der Waals surface area contributed by atoms with Crippen molar-refractivity contribution in [2.45, 2.75) is 62.8 Å². The Hall–Kier alpha value is -0.913. The van der Waals surface area contributed by atoms with Crippen molar-refractivity contribution in [2.24, 2.45) is 0 Å². The highest BCUT2D eigenvalue weighted by molar-refractivity contribution is 7.89. The Kier molecular flexibility index (Phi) is 5.30. The second-order valence-corrected chi connectivity index (χ2v) is 14.6. The van der Waals surface area contributed by atoms with E-state index in [1.165, 1.54) is 5.57 Å². The molecule has 2 rings (SSSR count). The Morgan fingerprint density at radius 2 is 1.82 bits per heavy atom. The van der Waals surface area contributed by atoms with Crippen molar-refractivity contribution in [3.63, 3.8) is 0 Å². The highest BCUT2D eigenvalue weighted by atomic mass is 32.2. The van der Waals surface area contributed by atoms with E-state index in [0.29, 0.717) is 4.90 Å². The summed E-state index contributed by atoms with van der Waals surface area (Å²) in [6.45, 7) is 8.94. The van der Waals surface area contributed by atoms with Crippen molar-refractivity contribution in [3.8, 4) is 0 Å². The first-order chi connectivity index (χ1) is 10.2.